The van der Waals surface area contributed by atoms with Crippen LogP contribution in [0.1, 0.15) is 309 Å². The predicted octanol–water partition coefficient (Wildman–Crippen LogP) is 17.8. The van der Waals surface area contributed by atoms with Gasteiger partial charge >= 0.3 is 0 Å². The van der Waals surface area contributed by atoms with Crippen molar-refractivity contribution in [2.75, 3.05) is 6.61 Å². The summed E-state index contributed by atoms with van der Waals surface area (Å²) in [5, 5.41) is 33.3. The Morgan fingerprint density at radius 3 is 0.984 bits per heavy atom. The Morgan fingerprint density at radius 1 is 0.391 bits per heavy atom. The molecule has 0 heterocycles. The highest BCUT2D eigenvalue weighted by molar-refractivity contribution is 5.76. The number of aliphatic hydroxyl groups excluding tert-OH is 3. The van der Waals surface area contributed by atoms with E-state index in [1.807, 2.05) is 6.08 Å². The van der Waals surface area contributed by atoms with Crippen LogP contribution in [0.4, 0.5) is 0 Å². The second-order valence-electron chi connectivity index (χ2n) is 19.9. The molecule has 0 spiro atoms. The summed E-state index contributed by atoms with van der Waals surface area (Å²) in [6.07, 6.45) is 70.9. The Morgan fingerprint density at radius 2 is 0.672 bits per heavy atom. The summed E-state index contributed by atoms with van der Waals surface area (Å²) in [5.41, 5.74) is 0. The third-order valence-corrected chi connectivity index (χ3v) is 13.4. The molecule has 5 heteroatoms. The van der Waals surface area contributed by atoms with Crippen LogP contribution in [0.25, 0.3) is 0 Å². The summed E-state index contributed by atoms with van der Waals surface area (Å²) in [7, 11) is 0. The molecule has 64 heavy (non-hydrogen) atoms. The van der Waals surface area contributed by atoms with Crippen molar-refractivity contribution in [3.63, 3.8) is 0 Å². The molecule has 5 nitrogen and oxygen atoms in total. The summed E-state index contributed by atoms with van der Waals surface area (Å²) in [6.45, 7) is 4.17. The minimum absolute atomic E-state index is 0.00518. The van der Waals surface area contributed by atoms with E-state index < -0.39 is 18.2 Å². The molecule has 0 aromatic heterocycles. The van der Waals surface area contributed by atoms with Gasteiger partial charge in [-0.05, 0) is 38.5 Å². The molecular weight excluding hydrogens is 787 g/mol. The molecule has 0 saturated heterocycles. The van der Waals surface area contributed by atoms with Crippen molar-refractivity contribution in [1.29, 1.82) is 0 Å². The largest absolute Gasteiger partial charge is 0.394 e. The van der Waals surface area contributed by atoms with Crippen LogP contribution in [0, 0.1) is 0 Å². The summed E-state index contributed by atoms with van der Waals surface area (Å²) in [6, 6.07) is -0.765. The lowest BCUT2D eigenvalue weighted by molar-refractivity contribution is -0.124. The lowest BCUT2D eigenvalue weighted by Gasteiger charge is -2.21. The maximum Gasteiger partial charge on any atom is 0.222 e. The highest BCUT2D eigenvalue weighted by Crippen LogP contribution is 2.18. The Bertz CT molecular complexity index is 993. The van der Waals surface area contributed by atoms with Gasteiger partial charge in [-0.2, -0.15) is 0 Å². The van der Waals surface area contributed by atoms with Crippen LogP contribution >= 0.6 is 0 Å². The van der Waals surface area contributed by atoms with E-state index in [0.717, 1.165) is 38.5 Å². The van der Waals surface area contributed by atoms with Gasteiger partial charge in [0.25, 0.3) is 0 Å². The van der Waals surface area contributed by atoms with Crippen molar-refractivity contribution in [2.24, 2.45) is 0 Å². The summed E-state index contributed by atoms with van der Waals surface area (Å²) < 4.78 is 0. The molecule has 0 saturated carbocycles. The van der Waals surface area contributed by atoms with Crippen LogP contribution in [0.3, 0.4) is 0 Å². The molecule has 4 N–H and O–H groups in total. The van der Waals surface area contributed by atoms with E-state index in [4.69, 9.17) is 0 Å². The van der Waals surface area contributed by atoms with Crippen LogP contribution in [-0.2, 0) is 4.79 Å². The molecule has 0 aliphatic rings. The highest BCUT2D eigenvalue weighted by atomic mass is 16.3. The smallest absolute Gasteiger partial charge is 0.222 e. The average molecular weight is 901 g/mol. The van der Waals surface area contributed by atoms with E-state index in [2.05, 4.69) is 43.5 Å². The molecule has 0 bridgehead atoms. The highest BCUT2D eigenvalue weighted by Gasteiger charge is 2.20. The van der Waals surface area contributed by atoms with Crippen LogP contribution < -0.4 is 5.32 Å². The second kappa shape index (κ2) is 54.2. The fourth-order valence-electron chi connectivity index (χ4n) is 9.01. The number of rotatable bonds is 53. The van der Waals surface area contributed by atoms with Crippen molar-refractivity contribution in [2.45, 2.75) is 327 Å². The summed E-state index contributed by atoms with van der Waals surface area (Å²) in [5.74, 6) is -0.327. The van der Waals surface area contributed by atoms with Gasteiger partial charge in [0.15, 0.2) is 0 Å². The number of aliphatic hydroxyl groups is 3. The van der Waals surface area contributed by atoms with Gasteiger partial charge in [-0.15, -0.1) is 0 Å². The predicted molar refractivity (Wildman–Crippen MR) is 282 cm³/mol. The Kier molecular flexibility index (Phi) is 53.0. The standard InChI is InChI=1S/C59H113NO4/c1-3-5-7-9-11-13-15-17-18-19-20-21-22-23-24-25-26-27-28-29-30-31-32-33-34-35-36-37-38-39-40-41-42-44-46-48-50-52-56(62)54-59(64)60-57(55-61)58(63)53-51-49-47-45-43-16-14-12-10-8-6-4-2/h10,12,43,45,51,53,56-58,61-63H,3-9,11,13-42,44,46-50,52,54-55H2,1-2H3,(H,60,64)/b12-10+,45-43+,53-51+. The molecule has 3 atom stereocenters. The van der Waals surface area contributed by atoms with E-state index in [9.17, 15) is 20.1 Å². The SMILES string of the molecule is CCCC/C=C/CC/C=C/CC/C=C/C(O)C(CO)NC(=O)CC(O)CCCCCCCCCCCCCCCCCCCCCCCCCCCCCCCCCCCCCCC. The molecular formula is C59H113NO4. The quantitative estimate of drug-likeness (QED) is 0.0362. The maximum atomic E-state index is 12.5. The van der Waals surface area contributed by atoms with Gasteiger partial charge < -0.3 is 20.6 Å². The van der Waals surface area contributed by atoms with Crippen LogP contribution in [-0.4, -0.2) is 46.1 Å². The zero-order valence-electron chi connectivity index (χ0n) is 43.2. The molecule has 0 fully saturated rings. The first-order valence-corrected chi connectivity index (χ1v) is 28.8. The van der Waals surface area contributed by atoms with Crippen LogP contribution in [0.2, 0.25) is 0 Å². The van der Waals surface area contributed by atoms with E-state index in [-0.39, 0.29) is 18.9 Å². The first-order valence-electron chi connectivity index (χ1n) is 28.8. The summed E-state index contributed by atoms with van der Waals surface area (Å²) >= 11 is 0. The van der Waals surface area contributed by atoms with Gasteiger partial charge in [0.1, 0.15) is 0 Å². The molecule has 0 aliphatic carbocycles. The first kappa shape index (κ1) is 62.6. The van der Waals surface area contributed by atoms with Gasteiger partial charge in [-0.3, -0.25) is 4.79 Å². The third kappa shape index (κ3) is 50.0. The number of carbonyl (C=O) groups is 1. The third-order valence-electron chi connectivity index (χ3n) is 13.4. The zero-order valence-corrected chi connectivity index (χ0v) is 43.2. The number of amides is 1. The van der Waals surface area contributed by atoms with Gasteiger partial charge in [-0.25, -0.2) is 0 Å². The van der Waals surface area contributed by atoms with Gasteiger partial charge in [0, 0.05) is 0 Å². The monoisotopic (exact) mass is 900 g/mol. The van der Waals surface area contributed by atoms with Crippen molar-refractivity contribution in [3.8, 4) is 0 Å². The number of unbranched alkanes of at least 4 members (excludes halogenated alkanes) is 40. The van der Waals surface area contributed by atoms with Crippen molar-refractivity contribution < 1.29 is 20.1 Å². The number of carbonyl (C=O) groups excluding carboxylic acids is 1. The average Bonchev–Trinajstić information content (AvgIpc) is 3.29. The Balaban J connectivity index is 3.43. The Labute approximate surface area is 400 Å². The molecule has 0 aromatic rings. The molecule has 0 radical (unpaired) electrons. The van der Waals surface area contributed by atoms with Gasteiger partial charge in [-0.1, -0.05) is 301 Å². The molecule has 3 unspecified atom stereocenters. The Hall–Kier alpha value is -1.43. The maximum absolute atomic E-state index is 12.5. The number of hydrogen-bond acceptors (Lipinski definition) is 4. The normalized spacial score (nSPS) is 13.5. The molecule has 378 valence electrons. The van der Waals surface area contributed by atoms with Crippen LogP contribution in [0.15, 0.2) is 36.5 Å². The topological polar surface area (TPSA) is 89.8 Å². The fourth-order valence-corrected chi connectivity index (χ4v) is 9.01. The molecule has 1 amide bonds. The summed E-state index contributed by atoms with van der Waals surface area (Å²) in [4.78, 5) is 12.5. The molecule has 0 rings (SSSR count). The first-order chi connectivity index (χ1) is 31.5. The zero-order chi connectivity index (χ0) is 46.5. The second-order valence-corrected chi connectivity index (χ2v) is 19.9. The van der Waals surface area contributed by atoms with Gasteiger partial charge in [0.05, 0.1) is 31.3 Å². The van der Waals surface area contributed by atoms with E-state index in [1.165, 1.54) is 244 Å². The molecule has 0 aliphatic heterocycles. The minimum atomic E-state index is -0.957. The lowest BCUT2D eigenvalue weighted by Crippen LogP contribution is -2.45. The van der Waals surface area contributed by atoms with Crippen molar-refractivity contribution in [1.82, 2.24) is 5.32 Å². The van der Waals surface area contributed by atoms with Crippen molar-refractivity contribution in [3.05, 3.63) is 36.5 Å². The van der Waals surface area contributed by atoms with E-state index >= 15 is 0 Å². The number of nitrogens with one attached hydrogen (secondary N) is 1. The minimum Gasteiger partial charge on any atom is -0.394 e. The fraction of sp³-hybridized carbons (Fsp3) is 0.881. The van der Waals surface area contributed by atoms with Crippen molar-refractivity contribution >= 4 is 5.91 Å². The lowest BCUT2D eigenvalue weighted by atomic mass is 10.0. The van der Waals surface area contributed by atoms with E-state index in [0.29, 0.717) is 6.42 Å². The van der Waals surface area contributed by atoms with Gasteiger partial charge in [0.2, 0.25) is 5.91 Å². The van der Waals surface area contributed by atoms with E-state index in [1.54, 1.807) is 6.08 Å². The number of hydrogen-bond donors (Lipinski definition) is 4. The molecule has 0 aromatic carbocycles. The van der Waals surface area contributed by atoms with Crippen LogP contribution in [0.5, 0.6) is 0 Å². The number of allylic oxidation sites excluding steroid dienone is 5.